The number of hydrogen-bond acceptors (Lipinski definition) is 4. The van der Waals surface area contributed by atoms with E-state index in [1.165, 1.54) is 0 Å². The highest BCUT2D eigenvalue weighted by Crippen LogP contribution is 2.25. The van der Waals surface area contributed by atoms with Crippen LogP contribution in [0.1, 0.15) is 18.8 Å². The molecule has 0 aliphatic carbocycles. The molecule has 2 unspecified atom stereocenters. The maximum atomic E-state index is 11.1. The number of carboxylic acids is 1. The maximum Gasteiger partial charge on any atom is 0.334 e. The highest BCUT2D eigenvalue weighted by atomic mass is 16.5. The van der Waals surface area contributed by atoms with Crippen LogP contribution in [0.2, 0.25) is 0 Å². The Labute approximate surface area is 122 Å². The molecule has 6 heteroatoms. The molecule has 1 aliphatic heterocycles. The number of aliphatic carboxylic acids is 1. The zero-order valence-corrected chi connectivity index (χ0v) is 12.2. The third kappa shape index (κ3) is 2.52. The summed E-state index contributed by atoms with van der Waals surface area (Å²) in [6, 6.07) is 8.04. The molecule has 2 atom stereocenters. The summed E-state index contributed by atoms with van der Waals surface area (Å²) in [7, 11) is 2.00. The number of para-hydroxylation sites is 2. The van der Waals surface area contributed by atoms with E-state index in [1.807, 2.05) is 31.3 Å². The van der Waals surface area contributed by atoms with E-state index in [2.05, 4.69) is 16.4 Å². The molecule has 2 aromatic rings. The Morgan fingerprint density at radius 1 is 1.48 bits per heavy atom. The molecule has 3 rings (SSSR count). The molecule has 0 amide bonds. The number of fused-ring (bicyclic) bond motifs is 1. The molecule has 21 heavy (non-hydrogen) atoms. The average Bonchev–Trinajstić information content (AvgIpc) is 2.84. The summed E-state index contributed by atoms with van der Waals surface area (Å²) in [5.74, 6) is 0.0409. The second kappa shape index (κ2) is 5.46. The van der Waals surface area contributed by atoms with Crippen LogP contribution in [0.4, 0.5) is 0 Å². The van der Waals surface area contributed by atoms with Crippen molar-refractivity contribution in [2.45, 2.75) is 19.1 Å². The summed E-state index contributed by atoms with van der Waals surface area (Å²) < 4.78 is 7.35. The summed E-state index contributed by atoms with van der Waals surface area (Å²) in [6.45, 7) is 3.60. The quantitative estimate of drug-likeness (QED) is 0.925. The molecule has 0 radical (unpaired) electrons. The van der Waals surface area contributed by atoms with Crippen LogP contribution in [0.15, 0.2) is 24.3 Å². The van der Waals surface area contributed by atoms with Gasteiger partial charge in [-0.2, -0.15) is 0 Å². The van der Waals surface area contributed by atoms with Gasteiger partial charge < -0.3 is 14.4 Å². The van der Waals surface area contributed by atoms with Crippen molar-refractivity contribution in [1.82, 2.24) is 14.5 Å². The lowest BCUT2D eigenvalue weighted by Gasteiger charge is -2.34. The number of aryl methyl sites for hydroxylation is 1. The summed E-state index contributed by atoms with van der Waals surface area (Å²) in [5, 5.41) is 9.10. The number of rotatable bonds is 3. The molecular formula is C15H19N3O3. The number of carbonyl (C=O) groups is 1. The number of carboxylic acid groups (broad SMARTS) is 1. The minimum absolute atomic E-state index is 0.0492. The molecular weight excluding hydrogens is 270 g/mol. The van der Waals surface area contributed by atoms with Crippen molar-refractivity contribution < 1.29 is 14.6 Å². The normalized spacial score (nSPS) is 21.5. The molecule has 1 fully saturated rings. The number of benzene rings is 1. The monoisotopic (exact) mass is 289 g/mol. The lowest BCUT2D eigenvalue weighted by Crippen LogP contribution is -2.47. The van der Waals surface area contributed by atoms with Crippen molar-refractivity contribution in [3.05, 3.63) is 30.1 Å². The molecule has 1 aliphatic rings. The number of nitrogens with zero attached hydrogens (tertiary/aromatic N) is 3. The summed E-state index contributed by atoms with van der Waals surface area (Å²) >= 11 is 0. The van der Waals surface area contributed by atoms with Gasteiger partial charge in [-0.3, -0.25) is 4.90 Å². The topological polar surface area (TPSA) is 67.6 Å². The number of hydrogen-bond donors (Lipinski definition) is 1. The SMILES string of the molecule is CC(c1nc2ccccc2n1C)N1CCOC(C(=O)O)C1. The highest BCUT2D eigenvalue weighted by Gasteiger charge is 2.30. The Morgan fingerprint density at radius 3 is 2.95 bits per heavy atom. The van der Waals surface area contributed by atoms with Crippen LogP contribution in [0.3, 0.4) is 0 Å². The van der Waals surface area contributed by atoms with Gasteiger partial charge in [-0.25, -0.2) is 9.78 Å². The standard InChI is InChI=1S/C15H19N3O3/c1-10(18-7-8-21-13(9-18)15(19)20)14-16-11-5-3-4-6-12(11)17(14)2/h3-6,10,13H,7-9H2,1-2H3,(H,19,20). The average molecular weight is 289 g/mol. The van der Waals surface area contributed by atoms with Gasteiger partial charge in [0.05, 0.1) is 23.7 Å². The Bertz CT molecular complexity index is 667. The van der Waals surface area contributed by atoms with E-state index in [0.29, 0.717) is 19.7 Å². The van der Waals surface area contributed by atoms with Gasteiger partial charge in [-0.05, 0) is 19.1 Å². The Kier molecular flexibility index (Phi) is 3.65. The van der Waals surface area contributed by atoms with Gasteiger partial charge >= 0.3 is 5.97 Å². The second-order valence-electron chi connectivity index (χ2n) is 5.39. The zero-order valence-electron chi connectivity index (χ0n) is 12.2. The van der Waals surface area contributed by atoms with E-state index in [4.69, 9.17) is 14.8 Å². The Balaban J connectivity index is 1.88. The minimum atomic E-state index is -0.906. The third-order valence-electron chi connectivity index (χ3n) is 4.12. The molecule has 1 aromatic carbocycles. The molecule has 0 spiro atoms. The van der Waals surface area contributed by atoms with Crippen molar-refractivity contribution in [1.29, 1.82) is 0 Å². The van der Waals surface area contributed by atoms with E-state index >= 15 is 0 Å². The molecule has 1 N–H and O–H groups in total. The largest absolute Gasteiger partial charge is 0.479 e. The van der Waals surface area contributed by atoms with Crippen LogP contribution < -0.4 is 0 Å². The fourth-order valence-electron chi connectivity index (χ4n) is 2.87. The van der Waals surface area contributed by atoms with Crippen molar-refractivity contribution in [2.75, 3.05) is 19.7 Å². The zero-order chi connectivity index (χ0) is 15.0. The van der Waals surface area contributed by atoms with Gasteiger partial charge in [0.1, 0.15) is 5.82 Å². The Hall–Kier alpha value is -1.92. The van der Waals surface area contributed by atoms with Crippen LogP contribution in [-0.2, 0) is 16.6 Å². The molecule has 0 bridgehead atoms. The smallest absolute Gasteiger partial charge is 0.334 e. The van der Waals surface area contributed by atoms with E-state index in [9.17, 15) is 4.79 Å². The minimum Gasteiger partial charge on any atom is -0.479 e. The van der Waals surface area contributed by atoms with Crippen molar-refractivity contribution in [3.8, 4) is 0 Å². The van der Waals surface area contributed by atoms with Crippen molar-refractivity contribution >= 4 is 17.0 Å². The number of imidazole rings is 1. The molecule has 0 saturated carbocycles. The van der Waals surface area contributed by atoms with Gasteiger partial charge in [0, 0.05) is 20.1 Å². The fourth-order valence-corrected chi connectivity index (χ4v) is 2.87. The highest BCUT2D eigenvalue weighted by molar-refractivity contribution is 5.76. The first kappa shape index (κ1) is 14.0. The first-order valence-corrected chi connectivity index (χ1v) is 7.07. The number of ether oxygens (including phenoxy) is 1. The van der Waals surface area contributed by atoms with Crippen molar-refractivity contribution in [2.24, 2.45) is 7.05 Å². The van der Waals surface area contributed by atoms with Gasteiger partial charge in [0.15, 0.2) is 6.10 Å². The van der Waals surface area contributed by atoms with Gasteiger partial charge in [-0.15, -0.1) is 0 Å². The predicted octanol–water partition coefficient (Wildman–Crippen LogP) is 1.42. The van der Waals surface area contributed by atoms with E-state index < -0.39 is 12.1 Å². The summed E-state index contributed by atoms with van der Waals surface area (Å²) in [4.78, 5) is 17.9. The lowest BCUT2D eigenvalue weighted by molar-refractivity contribution is -0.157. The van der Waals surface area contributed by atoms with Gasteiger partial charge in [0.25, 0.3) is 0 Å². The second-order valence-corrected chi connectivity index (χ2v) is 5.39. The van der Waals surface area contributed by atoms with Crippen LogP contribution in [0, 0.1) is 0 Å². The van der Waals surface area contributed by atoms with Gasteiger partial charge in [-0.1, -0.05) is 12.1 Å². The third-order valence-corrected chi connectivity index (χ3v) is 4.12. The Morgan fingerprint density at radius 2 is 2.24 bits per heavy atom. The van der Waals surface area contributed by atoms with Crippen LogP contribution in [-0.4, -0.2) is 51.3 Å². The molecule has 112 valence electrons. The van der Waals surface area contributed by atoms with Crippen LogP contribution in [0.25, 0.3) is 11.0 Å². The number of morpholine rings is 1. The molecule has 1 aromatic heterocycles. The van der Waals surface area contributed by atoms with Gasteiger partial charge in [0.2, 0.25) is 0 Å². The summed E-state index contributed by atoms with van der Waals surface area (Å²) in [5.41, 5.74) is 2.05. The predicted molar refractivity (Wildman–Crippen MR) is 78.1 cm³/mol. The van der Waals surface area contributed by atoms with Crippen LogP contribution in [0.5, 0.6) is 0 Å². The molecule has 2 heterocycles. The first-order chi connectivity index (χ1) is 10.1. The van der Waals surface area contributed by atoms with Crippen LogP contribution >= 0.6 is 0 Å². The molecule has 1 saturated heterocycles. The van der Waals surface area contributed by atoms with E-state index in [1.54, 1.807) is 0 Å². The maximum absolute atomic E-state index is 11.1. The van der Waals surface area contributed by atoms with Crippen molar-refractivity contribution in [3.63, 3.8) is 0 Å². The summed E-state index contributed by atoms with van der Waals surface area (Å²) in [6.07, 6.45) is -0.754. The lowest BCUT2D eigenvalue weighted by atomic mass is 10.2. The molecule has 6 nitrogen and oxygen atoms in total. The van der Waals surface area contributed by atoms with E-state index in [0.717, 1.165) is 16.9 Å². The fraction of sp³-hybridized carbons (Fsp3) is 0.467. The first-order valence-electron chi connectivity index (χ1n) is 7.07. The van der Waals surface area contributed by atoms with E-state index in [-0.39, 0.29) is 6.04 Å². The number of aromatic nitrogens is 2.